The third-order valence-corrected chi connectivity index (χ3v) is 5.33. The van der Waals surface area contributed by atoms with Gasteiger partial charge < -0.3 is 49.2 Å². The highest BCUT2D eigenvalue weighted by Gasteiger charge is 2.45. The maximum Gasteiger partial charge on any atom is 0.330 e. The second-order valence-corrected chi connectivity index (χ2v) is 7.67. The van der Waals surface area contributed by atoms with Gasteiger partial charge in [-0.2, -0.15) is 0 Å². The van der Waals surface area contributed by atoms with Gasteiger partial charge in [-0.05, 0) is 41.5 Å². The molecule has 0 aromatic heterocycles. The Kier molecular flexibility index (Phi) is 8.90. The molecule has 5 atom stereocenters. The molecule has 1 saturated heterocycles. The fraction of sp³-hybridized carbons (Fsp3) is 0.375. The van der Waals surface area contributed by atoms with Crippen LogP contribution in [0.15, 0.2) is 42.5 Å². The lowest BCUT2D eigenvalue weighted by Crippen LogP contribution is -2.60. The molecule has 11 heteroatoms. The molecule has 1 fully saturated rings. The summed E-state index contributed by atoms with van der Waals surface area (Å²) in [6, 6.07) is 9.11. The summed E-state index contributed by atoms with van der Waals surface area (Å²) in [5.74, 6) is -0.143. The van der Waals surface area contributed by atoms with Gasteiger partial charge in [0, 0.05) is 6.08 Å². The Balaban J connectivity index is 1.63. The molecule has 2 aromatic rings. The van der Waals surface area contributed by atoms with Crippen molar-refractivity contribution in [2.45, 2.75) is 37.3 Å². The molecule has 0 bridgehead atoms. The summed E-state index contributed by atoms with van der Waals surface area (Å²) in [4.78, 5) is 12.1. The smallest absolute Gasteiger partial charge is 0.330 e. The molecule has 3 rings (SSSR count). The third-order valence-electron chi connectivity index (χ3n) is 5.33. The average molecular weight is 492 g/mol. The van der Waals surface area contributed by atoms with Crippen molar-refractivity contribution in [1.29, 1.82) is 0 Å². The molecule has 0 radical (unpaired) electrons. The predicted molar refractivity (Wildman–Crippen MR) is 121 cm³/mol. The van der Waals surface area contributed by atoms with Crippen molar-refractivity contribution < 1.29 is 54.0 Å². The first-order valence-electron chi connectivity index (χ1n) is 10.6. The van der Waals surface area contributed by atoms with Gasteiger partial charge in [0.05, 0.1) is 20.8 Å². The van der Waals surface area contributed by atoms with Gasteiger partial charge in [0.2, 0.25) is 6.29 Å². The lowest BCUT2D eigenvalue weighted by Gasteiger charge is -2.40. The van der Waals surface area contributed by atoms with Gasteiger partial charge in [0.15, 0.2) is 23.0 Å². The summed E-state index contributed by atoms with van der Waals surface area (Å²) < 4.78 is 26.6. The van der Waals surface area contributed by atoms with Crippen LogP contribution in [0.5, 0.6) is 23.0 Å². The molecule has 2 unspecified atom stereocenters. The zero-order valence-electron chi connectivity index (χ0n) is 19.1. The summed E-state index contributed by atoms with van der Waals surface area (Å²) >= 11 is 0. The third kappa shape index (κ3) is 6.41. The first-order chi connectivity index (χ1) is 16.8. The van der Waals surface area contributed by atoms with Gasteiger partial charge >= 0.3 is 5.97 Å². The number of methoxy groups -OCH3 is 2. The molecule has 1 heterocycles. The number of phenols is 1. The highest BCUT2D eigenvalue weighted by Crippen LogP contribution is 2.32. The van der Waals surface area contributed by atoms with E-state index in [1.165, 1.54) is 44.6 Å². The number of ether oxygens (including phenoxy) is 5. The lowest BCUT2D eigenvalue weighted by atomic mass is 9.99. The van der Waals surface area contributed by atoms with Gasteiger partial charge in [0.25, 0.3) is 0 Å². The SMILES string of the molecule is COc1cc(/C=C/C(=O)OCC2OC(Oc3ccc(CO)cc3OC)[C@@H](O)[C@@H](O)[C@H]2O)ccc1O. The number of aromatic hydroxyl groups is 1. The molecule has 5 N–H and O–H groups in total. The monoisotopic (exact) mass is 492 g/mol. The van der Waals surface area contributed by atoms with E-state index >= 15 is 0 Å². The van der Waals surface area contributed by atoms with Crippen LogP contribution in [-0.4, -0.2) is 83.0 Å². The topological polar surface area (TPSA) is 164 Å². The maximum atomic E-state index is 12.1. The largest absolute Gasteiger partial charge is 0.504 e. The minimum atomic E-state index is -1.64. The van der Waals surface area contributed by atoms with Crippen molar-refractivity contribution >= 4 is 12.0 Å². The van der Waals surface area contributed by atoms with E-state index in [4.69, 9.17) is 23.7 Å². The fourth-order valence-electron chi connectivity index (χ4n) is 3.36. The van der Waals surface area contributed by atoms with Crippen LogP contribution in [0.25, 0.3) is 6.08 Å². The molecular formula is C24H28O11. The standard InChI is InChI=1S/C24H28O11/c1-31-17-9-13(3-6-15(17)26)5-8-20(27)33-12-19-21(28)22(29)23(30)24(35-19)34-16-7-4-14(11-25)10-18(16)32-2/h3-10,19,21-26,28-30H,11-12H2,1-2H3/b8-5+/t19?,21-,22-,23-,24?/m0/s1. The number of rotatable bonds is 9. The summed E-state index contributed by atoms with van der Waals surface area (Å²) in [7, 11) is 2.79. The van der Waals surface area contributed by atoms with E-state index in [1.54, 1.807) is 12.1 Å². The van der Waals surface area contributed by atoms with Crippen LogP contribution in [-0.2, 0) is 20.9 Å². The second kappa shape index (κ2) is 11.9. The van der Waals surface area contributed by atoms with E-state index in [0.29, 0.717) is 11.1 Å². The molecule has 35 heavy (non-hydrogen) atoms. The molecule has 1 aliphatic heterocycles. The Morgan fingerprint density at radius 3 is 2.40 bits per heavy atom. The second-order valence-electron chi connectivity index (χ2n) is 7.67. The Morgan fingerprint density at radius 2 is 1.71 bits per heavy atom. The van der Waals surface area contributed by atoms with Crippen molar-refractivity contribution in [3.8, 4) is 23.0 Å². The number of carbonyl (C=O) groups is 1. The van der Waals surface area contributed by atoms with Crippen LogP contribution in [0, 0.1) is 0 Å². The highest BCUT2D eigenvalue weighted by atomic mass is 16.7. The number of carbonyl (C=O) groups excluding carboxylic acids is 1. The number of benzene rings is 2. The lowest BCUT2D eigenvalue weighted by molar-refractivity contribution is -0.278. The molecule has 0 amide bonds. The van der Waals surface area contributed by atoms with Gasteiger partial charge in [-0.15, -0.1) is 0 Å². The van der Waals surface area contributed by atoms with Gasteiger partial charge in [-0.25, -0.2) is 4.79 Å². The number of hydrogen-bond acceptors (Lipinski definition) is 11. The molecule has 11 nitrogen and oxygen atoms in total. The summed E-state index contributed by atoms with van der Waals surface area (Å²) in [5, 5.41) is 49.7. The molecule has 0 saturated carbocycles. The van der Waals surface area contributed by atoms with Crippen molar-refractivity contribution in [3.05, 3.63) is 53.6 Å². The van der Waals surface area contributed by atoms with Crippen LogP contribution in [0.2, 0.25) is 0 Å². The molecule has 1 aliphatic rings. The van der Waals surface area contributed by atoms with E-state index in [9.17, 15) is 30.3 Å². The minimum absolute atomic E-state index is 0.0462. The first kappa shape index (κ1) is 26.3. The molecule has 190 valence electrons. The Labute approximate surface area is 201 Å². The quantitative estimate of drug-likeness (QED) is 0.242. The van der Waals surface area contributed by atoms with Crippen LogP contribution >= 0.6 is 0 Å². The first-order valence-corrected chi connectivity index (χ1v) is 10.6. The molecule has 0 aliphatic carbocycles. The van der Waals surface area contributed by atoms with Crippen molar-refractivity contribution in [2.24, 2.45) is 0 Å². The van der Waals surface area contributed by atoms with Crippen LogP contribution < -0.4 is 14.2 Å². The highest BCUT2D eigenvalue weighted by molar-refractivity contribution is 5.87. The molecule has 2 aromatic carbocycles. The Morgan fingerprint density at radius 1 is 0.971 bits per heavy atom. The number of esters is 1. The maximum absolute atomic E-state index is 12.1. The van der Waals surface area contributed by atoms with Crippen molar-refractivity contribution in [2.75, 3.05) is 20.8 Å². The zero-order chi connectivity index (χ0) is 25.5. The average Bonchev–Trinajstić information content (AvgIpc) is 2.87. The van der Waals surface area contributed by atoms with E-state index in [2.05, 4.69) is 0 Å². The van der Waals surface area contributed by atoms with Gasteiger partial charge in [-0.3, -0.25) is 0 Å². The van der Waals surface area contributed by atoms with E-state index in [-0.39, 0.29) is 29.6 Å². The van der Waals surface area contributed by atoms with E-state index in [0.717, 1.165) is 6.08 Å². The number of hydrogen-bond donors (Lipinski definition) is 5. The van der Waals surface area contributed by atoms with Crippen LogP contribution in [0.4, 0.5) is 0 Å². The van der Waals surface area contributed by atoms with Gasteiger partial charge in [0.1, 0.15) is 31.0 Å². The minimum Gasteiger partial charge on any atom is -0.504 e. The van der Waals surface area contributed by atoms with E-state index in [1.807, 2.05) is 0 Å². The number of aliphatic hydroxyl groups is 4. The fourth-order valence-corrected chi connectivity index (χ4v) is 3.36. The van der Waals surface area contributed by atoms with Crippen LogP contribution in [0.1, 0.15) is 11.1 Å². The molecular weight excluding hydrogens is 464 g/mol. The van der Waals surface area contributed by atoms with Crippen LogP contribution in [0.3, 0.4) is 0 Å². The zero-order valence-corrected chi connectivity index (χ0v) is 19.1. The van der Waals surface area contributed by atoms with Crippen molar-refractivity contribution in [1.82, 2.24) is 0 Å². The summed E-state index contributed by atoms with van der Waals surface area (Å²) in [6.45, 7) is -0.653. The summed E-state index contributed by atoms with van der Waals surface area (Å²) in [6.07, 6.45) is -4.84. The normalized spacial score (nSPS) is 24.2. The predicted octanol–water partition coefficient (Wildman–Crippen LogP) is 0.345. The Hall–Kier alpha value is -3.35. The molecule has 0 spiro atoms. The number of aliphatic hydroxyl groups excluding tert-OH is 4. The number of phenolic OH excluding ortho intramolecular Hbond substituents is 1. The van der Waals surface area contributed by atoms with Crippen molar-refractivity contribution in [3.63, 3.8) is 0 Å². The van der Waals surface area contributed by atoms with E-state index < -0.39 is 43.3 Å². The Bertz CT molecular complexity index is 1040. The summed E-state index contributed by atoms with van der Waals surface area (Å²) in [5.41, 5.74) is 1.14. The van der Waals surface area contributed by atoms with Gasteiger partial charge in [-0.1, -0.05) is 12.1 Å².